The number of nitrogens with one attached hydrogen (secondary N) is 1. The predicted octanol–water partition coefficient (Wildman–Crippen LogP) is 3.38. The molecule has 3 unspecified atom stereocenters. The summed E-state index contributed by atoms with van der Waals surface area (Å²) in [5.41, 5.74) is 1.88. The van der Waals surface area contributed by atoms with Crippen LogP contribution in [0.3, 0.4) is 0 Å². The standard InChI is InChI=1S/C18H27NO/c1-2-14-10-12-19-17(13-14)18(20)11-6-5-8-15-7-3-4-9-16(15)18/h3-4,7,9,14,17,19-20H,2,5-6,8,10-13H2,1H3. The van der Waals surface area contributed by atoms with E-state index < -0.39 is 5.60 Å². The zero-order chi connectivity index (χ0) is 14.0. The van der Waals surface area contributed by atoms with Crippen molar-refractivity contribution >= 4 is 0 Å². The third-order valence-electron chi connectivity index (χ3n) is 5.40. The third-order valence-corrected chi connectivity index (χ3v) is 5.40. The van der Waals surface area contributed by atoms with Crippen molar-refractivity contribution in [2.24, 2.45) is 5.92 Å². The van der Waals surface area contributed by atoms with E-state index in [-0.39, 0.29) is 6.04 Å². The van der Waals surface area contributed by atoms with Gasteiger partial charge in [-0.15, -0.1) is 0 Å². The van der Waals surface area contributed by atoms with Crippen molar-refractivity contribution in [1.29, 1.82) is 0 Å². The summed E-state index contributed by atoms with van der Waals surface area (Å²) in [6.07, 6.45) is 7.94. The van der Waals surface area contributed by atoms with Crippen molar-refractivity contribution in [2.45, 2.75) is 63.5 Å². The second kappa shape index (κ2) is 5.87. The average Bonchev–Trinajstić information content (AvgIpc) is 2.68. The lowest BCUT2D eigenvalue weighted by Crippen LogP contribution is -2.52. The van der Waals surface area contributed by atoms with Crippen LogP contribution in [0.4, 0.5) is 0 Å². The fraction of sp³-hybridized carbons (Fsp3) is 0.667. The molecule has 0 radical (unpaired) electrons. The van der Waals surface area contributed by atoms with Gasteiger partial charge in [0.2, 0.25) is 0 Å². The molecule has 110 valence electrons. The summed E-state index contributed by atoms with van der Waals surface area (Å²) < 4.78 is 0. The number of piperidine rings is 1. The minimum atomic E-state index is -0.666. The molecule has 20 heavy (non-hydrogen) atoms. The maximum Gasteiger partial charge on any atom is 0.105 e. The zero-order valence-electron chi connectivity index (χ0n) is 12.6. The van der Waals surface area contributed by atoms with E-state index in [1.165, 1.54) is 30.4 Å². The van der Waals surface area contributed by atoms with E-state index in [4.69, 9.17) is 0 Å². The van der Waals surface area contributed by atoms with E-state index in [1.807, 2.05) is 0 Å². The second-order valence-corrected chi connectivity index (χ2v) is 6.59. The van der Waals surface area contributed by atoms with Gasteiger partial charge in [-0.25, -0.2) is 0 Å². The largest absolute Gasteiger partial charge is 0.384 e. The molecular weight excluding hydrogens is 246 g/mol. The van der Waals surface area contributed by atoms with Gasteiger partial charge in [-0.1, -0.05) is 37.6 Å². The van der Waals surface area contributed by atoms with Crippen LogP contribution in [-0.4, -0.2) is 17.7 Å². The molecule has 0 bridgehead atoms. The van der Waals surface area contributed by atoms with Crippen LogP contribution < -0.4 is 5.32 Å². The highest BCUT2D eigenvalue weighted by molar-refractivity contribution is 5.35. The first-order chi connectivity index (χ1) is 9.74. The molecule has 1 fully saturated rings. The Bertz CT molecular complexity index is 458. The van der Waals surface area contributed by atoms with Crippen LogP contribution in [0.2, 0.25) is 0 Å². The van der Waals surface area contributed by atoms with Crippen LogP contribution in [0.1, 0.15) is 56.6 Å². The molecular formula is C18H27NO. The van der Waals surface area contributed by atoms with Crippen molar-refractivity contribution in [3.63, 3.8) is 0 Å². The normalized spacial score (nSPS) is 34.3. The van der Waals surface area contributed by atoms with E-state index in [0.29, 0.717) is 0 Å². The van der Waals surface area contributed by atoms with Gasteiger partial charge in [0.1, 0.15) is 5.60 Å². The van der Waals surface area contributed by atoms with Crippen molar-refractivity contribution in [2.75, 3.05) is 6.54 Å². The van der Waals surface area contributed by atoms with Gasteiger partial charge >= 0.3 is 0 Å². The first-order valence-electron chi connectivity index (χ1n) is 8.28. The van der Waals surface area contributed by atoms with Crippen molar-refractivity contribution in [3.05, 3.63) is 35.4 Å². The van der Waals surface area contributed by atoms with Gasteiger partial charge in [0.25, 0.3) is 0 Å². The number of rotatable bonds is 2. The highest BCUT2D eigenvalue weighted by atomic mass is 16.3. The highest BCUT2D eigenvalue weighted by Crippen LogP contribution is 2.40. The van der Waals surface area contributed by atoms with Gasteiger partial charge in [0, 0.05) is 6.04 Å². The topological polar surface area (TPSA) is 32.3 Å². The molecule has 3 rings (SSSR count). The molecule has 0 saturated carbocycles. The molecule has 0 aromatic heterocycles. The van der Waals surface area contributed by atoms with Gasteiger partial charge < -0.3 is 10.4 Å². The monoisotopic (exact) mass is 273 g/mol. The van der Waals surface area contributed by atoms with Gasteiger partial charge in [-0.05, 0) is 62.1 Å². The summed E-state index contributed by atoms with van der Waals surface area (Å²) >= 11 is 0. The van der Waals surface area contributed by atoms with Crippen LogP contribution in [0.5, 0.6) is 0 Å². The summed E-state index contributed by atoms with van der Waals surface area (Å²) in [7, 11) is 0. The fourth-order valence-electron chi connectivity index (χ4n) is 4.10. The summed E-state index contributed by atoms with van der Waals surface area (Å²) in [5.74, 6) is 0.765. The number of aryl methyl sites for hydroxylation is 1. The van der Waals surface area contributed by atoms with Crippen LogP contribution >= 0.6 is 0 Å². The summed E-state index contributed by atoms with van der Waals surface area (Å²) in [6, 6.07) is 8.76. The summed E-state index contributed by atoms with van der Waals surface area (Å²) in [4.78, 5) is 0. The Morgan fingerprint density at radius 2 is 2.15 bits per heavy atom. The molecule has 1 aromatic carbocycles. The molecule has 0 spiro atoms. The predicted molar refractivity (Wildman–Crippen MR) is 82.7 cm³/mol. The Hall–Kier alpha value is -0.860. The van der Waals surface area contributed by atoms with E-state index in [1.54, 1.807) is 0 Å². The van der Waals surface area contributed by atoms with Crippen LogP contribution in [0, 0.1) is 5.92 Å². The number of aliphatic hydroxyl groups is 1. The molecule has 1 heterocycles. The Balaban J connectivity index is 1.93. The smallest absolute Gasteiger partial charge is 0.105 e. The molecule has 3 atom stereocenters. The quantitative estimate of drug-likeness (QED) is 0.810. The minimum absolute atomic E-state index is 0.223. The van der Waals surface area contributed by atoms with Gasteiger partial charge in [-0.2, -0.15) is 0 Å². The van der Waals surface area contributed by atoms with Crippen LogP contribution in [-0.2, 0) is 12.0 Å². The van der Waals surface area contributed by atoms with Crippen molar-refractivity contribution < 1.29 is 5.11 Å². The lowest BCUT2D eigenvalue weighted by Gasteiger charge is -2.42. The number of hydrogen-bond donors (Lipinski definition) is 2. The van der Waals surface area contributed by atoms with E-state index in [0.717, 1.165) is 38.1 Å². The number of benzene rings is 1. The number of hydrogen-bond acceptors (Lipinski definition) is 2. The second-order valence-electron chi connectivity index (χ2n) is 6.59. The maximum atomic E-state index is 11.5. The van der Waals surface area contributed by atoms with Crippen LogP contribution in [0.15, 0.2) is 24.3 Å². The molecule has 1 aliphatic carbocycles. The molecule has 0 amide bonds. The summed E-state index contributed by atoms with van der Waals surface area (Å²) in [6.45, 7) is 3.33. The van der Waals surface area contributed by atoms with Crippen LogP contribution in [0.25, 0.3) is 0 Å². The molecule has 2 nitrogen and oxygen atoms in total. The van der Waals surface area contributed by atoms with Crippen molar-refractivity contribution in [1.82, 2.24) is 5.32 Å². The Morgan fingerprint density at radius 3 is 3.00 bits per heavy atom. The average molecular weight is 273 g/mol. The van der Waals surface area contributed by atoms with Crippen molar-refractivity contribution in [3.8, 4) is 0 Å². The van der Waals surface area contributed by atoms with E-state index in [9.17, 15) is 5.11 Å². The minimum Gasteiger partial charge on any atom is -0.384 e. The lowest BCUT2D eigenvalue weighted by atomic mass is 9.75. The van der Waals surface area contributed by atoms with E-state index >= 15 is 0 Å². The Labute approximate surface area is 122 Å². The SMILES string of the molecule is CCC1CCNC(C2(O)CCCCc3ccccc32)C1. The van der Waals surface area contributed by atoms with Gasteiger partial charge in [-0.3, -0.25) is 0 Å². The molecule has 1 saturated heterocycles. The maximum absolute atomic E-state index is 11.5. The molecule has 2 heteroatoms. The molecule has 2 N–H and O–H groups in total. The van der Waals surface area contributed by atoms with Gasteiger partial charge in [0.05, 0.1) is 0 Å². The fourth-order valence-corrected chi connectivity index (χ4v) is 4.10. The summed E-state index contributed by atoms with van der Waals surface area (Å²) in [5, 5.41) is 15.1. The van der Waals surface area contributed by atoms with E-state index in [2.05, 4.69) is 36.5 Å². The number of fused-ring (bicyclic) bond motifs is 1. The Morgan fingerprint density at radius 1 is 1.30 bits per heavy atom. The first-order valence-corrected chi connectivity index (χ1v) is 8.28. The highest BCUT2D eigenvalue weighted by Gasteiger charge is 2.42. The molecule has 2 aliphatic rings. The molecule has 1 aromatic rings. The molecule has 1 aliphatic heterocycles. The lowest BCUT2D eigenvalue weighted by molar-refractivity contribution is -0.0279. The van der Waals surface area contributed by atoms with Gasteiger partial charge in [0.15, 0.2) is 0 Å². The third kappa shape index (κ3) is 2.51. The first kappa shape index (κ1) is 14.1. The Kier molecular flexibility index (Phi) is 4.13. The zero-order valence-corrected chi connectivity index (χ0v) is 12.6.